The summed E-state index contributed by atoms with van der Waals surface area (Å²) in [5, 5.41) is 14.1. The zero-order chi connectivity index (χ0) is 19.8. The molecule has 1 saturated carbocycles. The second-order valence-corrected chi connectivity index (χ2v) is 9.36. The van der Waals surface area contributed by atoms with E-state index in [1.807, 2.05) is 6.07 Å². The lowest BCUT2D eigenvalue weighted by Crippen LogP contribution is -2.32. The predicted octanol–water partition coefficient (Wildman–Crippen LogP) is 3.43. The Bertz CT molecular complexity index is 881. The second-order valence-electron chi connectivity index (χ2n) is 9.36. The fraction of sp³-hybridized carbons (Fsp3) is 0.480. The third kappa shape index (κ3) is 4.10. The van der Waals surface area contributed by atoms with E-state index in [4.69, 9.17) is 0 Å². The molecule has 0 bridgehead atoms. The maximum absolute atomic E-state index is 11.5. The molecule has 1 aliphatic carbocycles. The van der Waals surface area contributed by atoms with Crippen LogP contribution in [0, 0.1) is 11.8 Å². The quantitative estimate of drug-likeness (QED) is 0.822. The van der Waals surface area contributed by atoms with E-state index in [9.17, 15) is 9.90 Å². The molecule has 4 heteroatoms. The molecular formula is C25H30N2O2. The Labute approximate surface area is 172 Å². The van der Waals surface area contributed by atoms with Crippen molar-refractivity contribution >= 4 is 11.6 Å². The molecule has 5 rings (SSSR count). The average molecular weight is 391 g/mol. The summed E-state index contributed by atoms with van der Waals surface area (Å²) in [4.78, 5) is 14.1. The molecule has 0 unspecified atom stereocenters. The number of nitrogens with zero attached hydrogens (tertiary/aromatic N) is 1. The third-order valence-corrected chi connectivity index (χ3v) is 7.09. The summed E-state index contributed by atoms with van der Waals surface area (Å²) in [6, 6.07) is 16.9. The third-order valence-electron chi connectivity index (χ3n) is 7.09. The van der Waals surface area contributed by atoms with Gasteiger partial charge in [0.25, 0.3) is 0 Å². The summed E-state index contributed by atoms with van der Waals surface area (Å²) < 4.78 is 0. The standard InChI is InChI=1S/C25H30N2O2/c28-24-9-7-20-12-18(6-8-23(20)26-24)10-11-27-16-21-14-25(29,15-22(21)17-27)13-19-4-2-1-3-5-19/h1-6,8,12,21-22,29H,7,9-11,13-17H2,(H,26,28)/t21-,22+,25-. The monoisotopic (exact) mass is 390 g/mol. The maximum Gasteiger partial charge on any atom is 0.224 e. The summed E-state index contributed by atoms with van der Waals surface area (Å²) >= 11 is 0. The van der Waals surface area contributed by atoms with Gasteiger partial charge in [-0.05, 0) is 60.3 Å². The first-order chi connectivity index (χ1) is 14.1. The number of hydrogen-bond donors (Lipinski definition) is 2. The van der Waals surface area contributed by atoms with E-state index in [1.165, 1.54) is 16.7 Å². The zero-order valence-electron chi connectivity index (χ0n) is 16.9. The van der Waals surface area contributed by atoms with Gasteiger partial charge in [0.05, 0.1) is 5.60 Å². The highest BCUT2D eigenvalue weighted by Gasteiger charge is 2.47. The van der Waals surface area contributed by atoms with Gasteiger partial charge < -0.3 is 15.3 Å². The Morgan fingerprint density at radius 1 is 1.00 bits per heavy atom. The highest BCUT2D eigenvalue weighted by Crippen LogP contribution is 2.45. The van der Waals surface area contributed by atoms with Gasteiger partial charge in [-0.25, -0.2) is 0 Å². The average Bonchev–Trinajstić information content (AvgIpc) is 3.21. The minimum Gasteiger partial charge on any atom is -0.390 e. The molecule has 0 spiro atoms. The molecule has 1 amide bonds. The number of carbonyl (C=O) groups is 1. The first-order valence-corrected chi connectivity index (χ1v) is 11.0. The van der Waals surface area contributed by atoms with Gasteiger partial charge in [-0.3, -0.25) is 4.79 Å². The fourth-order valence-electron chi connectivity index (χ4n) is 5.74. The number of aliphatic hydroxyl groups is 1. The number of hydrogen-bond acceptors (Lipinski definition) is 3. The number of rotatable bonds is 5. The number of likely N-dealkylation sites (tertiary alicyclic amines) is 1. The van der Waals surface area contributed by atoms with Crippen molar-refractivity contribution in [2.75, 3.05) is 25.0 Å². The van der Waals surface area contributed by atoms with Crippen LogP contribution < -0.4 is 5.32 Å². The van der Waals surface area contributed by atoms with E-state index >= 15 is 0 Å². The van der Waals surface area contributed by atoms with Gasteiger partial charge >= 0.3 is 0 Å². The Hall–Kier alpha value is -2.17. The van der Waals surface area contributed by atoms with Gasteiger partial charge in [-0.1, -0.05) is 42.5 Å². The predicted molar refractivity (Wildman–Crippen MR) is 115 cm³/mol. The lowest BCUT2D eigenvalue weighted by Gasteiger charge is -2.26. The van der Waals surface area contributed by atoms with Crippen molar-refractivity contribution in [2.24, 2.45) is 11.8 Å². The summed E-state index contributed by atoms with van der Waals surface area (Å²) in [6.45, 7) is 3.31. The zero-order valence-corrected chi connectivity index (χ0v) is 16.9. The molecule has 3 atom stereocenters. The summed E-state index contributed by atoms with van der Waals surface area (Å²) in [5.41, 5.74) is 4.34. The summed E-state index contributed by atoms with van der Waals surface area (Å²) in [7, 11) is 0. The van der Waals surface area contributed by atoms with E-state index in [0.29, 0.717) is 18.3 Å². The van der Waals surface area contributed by atoms with Crippen molar-refractivity contribution in [3.63, 3.8) is 0 Å². The molecular weight excluding hydrogens is 360 g/mol. The maximum atomic E-state index is 11.5. The van der Waals surface area contributed by atoms with Crippen LogP contribution in [0.1, 0.15) is 36.0 Å². The van der Waals surface area contributed by atoms with Crippen LogP contribution in [-0.2, 0) is 24.1 Å². The molecule has 2 aliphatic heterocycles. The number of carbonyl (C=O) groups excluding carboxylic acids is 1. The van der Waals surface area contributed by atoms with Crippen LogP contribution >= 0.6 is 0 Å². The molecule has 2 aromatic rings. The molecule has 2 heterocycles. The van der Waals surface area contributed by atoms with Crippen LogP contribution in [-0.4, -0.2) is 41.1 Å². The molecule has 1 saturated heterocycles. The first-order valence-electron chi connectivity index (χ1n) is 11.0. The summed E-state index contributed by atoms with van der Waals surface area (Å²) in [5.74, 6) is 1.38. The smallest absolute Gasteiger partial charge is 0.224 e. The highest BCUT2D eigenvalue weighted by molar-refractivity contribution is 5.93. The molecule has 29 heavy (non-hydrogen) atoms. The number of amides is 1. The molecule has 2 fully saturated rings. The van der Waals surface area contributed by atoms with Crippen molar-refractivity contribution in [2.45, 2.75) is 44.1 Å². The molecule has 3 aliphatic rings. The Morgan fingerprint density at radius 2 is 1.76 bits per heavy atom. The van der Waals surface area contributed by atoms with Crippen LogP contribution in [0.15, 0.2) is 48.5 Å². The number of fused-ring (bicyclic) bond motifs is 2. The Kier molecular flexibility index (Phi) is 4.92. The van der Waals surface area contributed by atoms with Crippen LogP contribution in [0.5, 0.6) is 0 Å². The Morgan fingerprint density at radius 3 is 2.52 bits per heavy atom. The van der Waals surface area contributed by atoms with E-state index in [1.54, 1.807) is 0 Å². The van der Waals surface area contributed by atoms with Gasteiger partial charge in [-0.2, -0.15) is 0 Å². The fourth-order valence-corrected chi connectivity index (χ4v) is 5.74. The molecule has 152 valence electrons. The molecule has 2 aromatic carbocycles. The molecule has 2 N–H and O–H groups in total. The van der Waals surface area contributed by atoms with Crippen molar-refractivity contribution in [1.82, 2.24) is 4.90 Å². The van der Waals surface area contributed by atoms with Gasteiger partial charge in [-0.15, -0.1) is 0 Å². The second kappa shape index (κ2) is 7.58. The van der Waals surface area contributed by atoms with Crippen molar-refractivity contribution in [3.05, 3.63) is 65.2 Å². The largest absolute Gasteiger partial charge is 0.390 e. The van der Waals surface area contributed by atoms with Crippen LogP contribution in [0.2, 0.25) is 0 Å². The van der Waals surface area contributed by atoms with E-state index in [-0.39, 0.29) is 5.91 Å². The number of nitrogens with one attached hydrogen (secondary N) is 1. The minimum absolute atomic E-state index is 0.126. The van der Waals surface area contributed by atoms with Gasteiger partial charge in [0.1, 0.15) is 0 Å². The van der Waals surface area contributed by atoms with Crippen molar-refractivity contribution in [1.29, 1.82) is 0 Å². The SMILES string of the molecule is O=C1CCc2cc(CCN3C[C@@H]4C[C@@](O)(Cc5ccccc5)C[C@@H]4C3)ccc2N1. The van der Waals surface area contributed by atoms with Crippen molar-refractivity contribution in [3.8, 4) is 0 Å². The van der Waals surface area contributed by atoms with E-state index < -0.39 is 5.60 Å². The lowest BCUT2D eigenvalue weighted by atomic mass is 9.91. The van der Waals surface area contributed by atoms with E-state index in [0.717, 1.165) is 57.4 Å². The van der Waals surface area contributed by atoms with Gasteiger partial charge in [0, 0.05) is 38.2 Å². The first kappa shape index (κ1) is 18.8. The number of benzene rings is 2. The van der Waals surface area contributed by atoms with Crippen LogP contribution in [0.4, 0.5) is 5.69 Å². The normalized spacial score (nSPS) is 28.8. The van der Waals surface area contributed by atoms with Crippen molar-refractivity contribution < 1.29 is 9.90 Å². The minimum atomic E-state index is -0.522. The molecule has 0 radical (unpaired) electrons. The van der Waals surface area contributed by atoms with Crippen LogP contribution in [0.25, 0.3) is 0 Å². The van der Waals surface area contributed by atoms with E-state index in [2.05, 4.69) is 52.7 Å². The lowest BCUT2D eigenvalue weighted by molar-refractivity contribution is -0.116. The summed E-state index contributed by atoms with van der Waals surface area (Å²) in [6.07, 6.45) is 5.14. The number of anilines is 1. The topological polar surface area (TPSA) is 52.6 Å². The number of aryl methyl sites for hydroxylation is 1. The van der Waals surface area contributed by atoms with Gasteiger partial charge in [0.15, 0.2) is 0 Å². The van der Waals surface area contributed by atoms with Crippen LogP contribution in [0.3, 0.4) is 0 Å². The van der Waals surface area contributed by atoms with Gasteiger partial charge in [0.2, 0.25) is 5.91 Å². The molecule has 4 nitrogen and oxygen atoms in total. The molecule has 0 aromatic heterocycles. The highest BCUT2D eigenvalue weighted by atomic mass is 16.3. The Balaban J connectivity index is 1.14.